The largest absolute Gasteiger partial charge is 0.483 e. The summed E-state index contributed by atoms with van der Waals surface area (Å²) in [5.74, 6) is -0.556. The molecular weight excluding hydrogens is 356 g/mol. The maximum absolute atomic E-state index is 12.9. The van der Waals surface area contributed by atoms with Crippen LogP contribution < -0.4 is 10.2 Å². The molecule has 26 heavy (non-hydrogen) atoms. The number of amides is 1. The highest BCUT2D eigenvalue weighted by Gasteiger charge is 2.29. The SMILES string of the molecule is Cn1ccc(=O)c(OCc2ccccc2)c1C(=O)N1CCS(=O)(=O)CC1. The fourth-order valence-corrected chi connectivity index (χ4v) is 3.99. The summed E-state index contributed by atoms with van der Waals surface area (Å²) in [6, 6.07) is 10.7. The number of ether oxygens (including phenoxy) is 1. The number of nitrogens with zero attached hydrogens (tertiary/aromatic N) is 2. The van der Waals surface area contributed by atoms with Gasteiger partial charge in [0.25, 0.3) is 5.91 Å². The van der Waals surface area contributed by atoms with Crippen molar-refractivity contribution in [1.82, 2.24) is 9.47 Å². The van der Waals surface area contributed by atoms with Gasteiger partial charge in [0.15, 0.2) is 21.3 Å². The second-order valence-corrected chi connectivity index (χ2v) is 8.49. The normalized spacial score (nSPS) is 16.3. The lowest BCUT2D eigenvalue weighted by atomic mass is 10.2. The molecule has 0 unspecified atom stereocenters. The minimum absolute atomic E-state index is 0.0164. The first-order chi connectivity index (χ1) is 12.4. The lowest BCUT2D eigenvalue weighted by Gasteiger charge is -2.28. The Hall–Kier alpha value is -2.61. The van der Waals surface area contributed by atoms with Gasteiger partial charge in [-0.3, -0.25) is 9.59 Å². The zero-order valence-electron chi connectivity index (χ0n) is 14.4. The number of benzene rings is 1. The molecule has 8 heteroatoms. The highest BCUT2D eigenvalue weighted by Crippen LogP contribution is 2.18. The second kappa shape index (κ2) is 7.33. The third-order valence-corrected chi connectivity index (χ3v) is 5.91. The highest BCUT2D eigenvalue weighted by atomic mass is 32.2. The summed E-state index contributed by atoms with van der Waals surface area (Å²) in [6.45, 7) is 0.388. The quantitative estimate of drug-likeness (QED) is 0.789. The van der Waals surface area contributed by atoms with Crippen molar-refractivity contribution in [2.45, 2.75) is 6.61 Å². The summed E-state index contributed by atoms with van der Waals surface area (Å²) in [4.78, 5) is 26.7. The van der Waals surface area contributed by atoms with Crippen molar-refractivity contribution < 1.29 is 17.9 Å². The molecule has 0 saturated carbocycles. The Morgan fingerprint density at radius 3 is 2.42 bits per heavy atom. The number of carbonyl (C=O) groups excluding carboxylic acids is 1. The number of aromatic nitrogens is 1. The third-order valence-electron chi connectivity index (χ3n) is 4.30. The Morgan fingerprint density at radius 1 is 1.12 bits per heavy atom. The first-order valence-corrected chi connectivity index (χ1v) is 10.1. The monoisotopic (exact) mass is 376 g/mol. The maximum atomic E-state index is 12.9. The molecule has 2 heterocycles. The Balaban J connectivity index is 1.87. The molecule has 3 rings (SSSR count). The molecule has 0 spiro atoms. The number of pyridine rings is 1. The molecule has 0 N–H and O–H groups in total. The summed E-state index contributed by atoms with van der Waals surface area (Å²) < 4.78 is 30.4. The fraction of sp³-hybridized carbons (Fsp3) is 0.333. The van der Waals surface area contributed by atoms with Crippen molar-refractivity contribution in [2.24, 2.45) is 7.05 Å². The van der Waals surface area contributed by atoms with Crippen molar-refractivity contribution in [1.29, 1.82) is 0 Å². The number of hydrogen-bond donors (Lipinski definition) is 0. The minimum atomic E-state index is -3.10. The van der Waals surface area contributed by atoms with Crippen LogP contribution in [0.4, 0.5) is 0 Å². The Labute approximate surface area is 151 Å². The Morgan fingerprint density at radius 2 is 1.77 bits per heavy atom. The van der Waals surface area contributed by atoms with Crippen LogP contribution in [0.25, 0.3) is 0 Å². The van der Waals surface area contributed by atoms with E-state index in [2.05, 4.69) is 0 Å². The van der Waals surface area contributed by atoms with Gasteiger partial charge in [-0.25, -0.2) is 8.42 Å². The molecule has 1 aromatic carbocycles. The first-order valence-electron chi connectivity index (χ1n) is 8.23. The summed E-state index contributed by atoms with van der Waals surface area (Å²) in [7, 11) is -1.44. The van der Waals surface area contributed by atoms with Crippen LogP contribution in [0, 0.1) is 0 Å². The van der Waals surface area contributed by atoms with Crippen molar-refractivity contribution in [3.8, 4) is 5.75 Å². The van der Waals surface area contributed by atoms with Crippen LogP contribution in [0.3, 0.4) is 0 Å². The van der Waals surface area contributed by atoms with Crippen LogP contribution in [0.2, 0.25) is 0 Å². The average Bonchev–Trinajstić information content (AvgIpc) is 2.62. The van der Waals surface area contributed by atoms with Crippen LogP contribution in [-0.2, 0) is 23.5 Å². The molecular formula is C18H20N2O5S. The van der Waals surface area contributed by atoms with Crippen molar-refractivity contribution >= 4 is 15.7 Å². The second-order valence-electron chi connectivity index (χ2n) is 6.19. The summed E-state index contributed by atoms with van der Waals surface area (Å²) in [6.07, 6.45) is 1.51. The molecule has 1 amide bonds. The zero-order valence-corrected chi connectivity index (χ0v) is 15.2. The van der Waals surface area contributed by atoms with E-state index in [1.165, 1.54) is 21.7 Å². The molecule has 1 fully saturated rings. The molecule has 1 aromatic heterocycles. The van der Waals surface area contributed by atoms with E-state index in [9.17, 15) is 18.0 Å². The molecule has 2 aromatic rings. The molecule has 0 bridgehead atoms. The van der Waals surface area contributed by atoms with E-state index in [4.69, 9.17) is 4.74 Å². The van der Waals surface area contributed by atoms with Gasteiger partial charge in [-0.05, 0) is 5.56 Å². The number of rotatable bonds is 4. The van der Waals surface area contributed by atoms with Crippen molar-refractivity contribution in [3.05, 3.63) is 64.1 Å². The van der Waals surface area contributed by atoms with E-state index in [0.29, 0.717) is 0 Å². The topological polar surface area (TPSA) is 85.7 Å². The van der Waals surface area contributed by atoms with E-state index in [1.807, 2.05) is 30.3 Å². The third kappa shape index (κ3) is 3.96. The van der Waals surface area contributed by atoms with Gasteiger partial charge in [0.2, 0.25) is 5.43 Å². The van der Waals surface area contributed by atoms with E-state index in [0.717, 1.165) is 5.56 Å². The zero-order chi connectivity index (χ0) is 18.7. The predicted molar refractivity (Wildman–Crippen MR) is 97.0 cm³/mol. The van der Waals surface area contributed by atoms with Crippen molar-refractivity contribution in [3.63, 3.8) is 0 Å². The van der Waals surface area contributed by atoms with Gasteiger partial charge in [-0.2, -0.15) is 0 Å². The lowest BCUT2D eigenvalue weighted by molar-refractivity contribution is 0.0753. The molecule has 0 atom stereocenters. The molecule has 1 saturated heterocycles. The number of carbonyl (C=O) groups is 1. The van der Waals surface area contributed by atoms with E-state index < -0.39 is 15.7 Å². The summed E-state index contributed by atoms with van der Waals surface area (Å²) >= 11 is 0. The number of sulfone groups is 1. The lowest BCUT2D eigenvalue weighted by Crippen LogP contribution is -2.44. The van der Waals surface area contributed by atoms with Crippen molar-refractivity contribution in [2.75, 3.05) is 24.6 Å². The van der Waals surface area contributed by atoms with Gasteiger partial charge in [-0.1, -0.05) is 30.3 Å². The Bertz CT molecular complexity index is 953. The predicted octanol–water partition coefficient (Wildman–Crippen LogP) is 0.835. The molecule has 0 aliphatic carbocycles. The van der Waals surface area contributed by atoms with Gasteiger partial charge < -0.3 is 14.2 Å². The molecule has 1 aliphatic heterocycles. The molecule has 138 valence electrons. The van der Waals surface area contributed by atoms with Crippen LogP contribution in [-0.4, -0.2) is 48.4 Å². The number of hydrogen-bond acceptors (Lipinski definition) is 5. The van der Waals surface area contributed by atoms with Crippen LogP contribution >= 0.6 is 0 Å². The van der Waals surface area contributed by atoms with Crippen LogP contribution in [0.15, 0.2) is 47.4 Å². The average molecular weight is 376 g/mol. The van der Waals surface area contributed by atoms with E-state index in [1.54, 1.807) is 7.05 Å². The highest BCUT2D eigenvalue weighted by molar-refractivity contribution is 7.91. The van der Waals surface area contributed by atoms with Gasteiger partial charge in [-0.15, -0.1) is 0 Å². The van der Waals surface area contributed by atoms with Gasteiger partial charge in [0.05, 0.1) is 11.5 Å². The number of aryl methyl sites for hydroxylation is 1. The van der Waals surface area contributed by atoms with Crippen LogP contribution in [0.1, 0.15) is 16.1 Å². The summed E-state index contributed by atoms with van der Waals surface area (Å²) in [5.41, 5.74) is 0.626. The first kappa shape index (κ1) is 18.2. The van der Waals surface area contributed by atoms with Crippen LogP contribution in [0.5, 0.6) is 5.75 Å². The smallest absolute Gasteiger partial charge is 0.274 e. The fourth-order valence-electron chi connectivity index (χ4n) is 2.79. The van der Waals surface area contributed by atoms with Gasteiger partial charge in [0.1, 0.15) is 6.61 Å². The maximum Gasteiger partial charge on any atom is 0.274 e. The minimum Gasteiger partial charge on any atom is -0.483 e. The summed E-state index contributed by atoms with van der Waals surface area (Å²) in [5, 5.41) is 0. The molecule has 1 aliphatic rings. The van der Waals surface area contributed by atoms with Gasteiger partial charge in [0, 0.05) is 32.4 Å². The van der Waals surface area contributed by atoms with E-state index in [-0.39, 0.29) is 48.1 Å². The van der Waals surface area contributed by atoms with E-state index >= 15 is 0 Å². The van der Waals surface area contributed by atoms with Gasteiger partial charge >= 0.3 is 0 Å². The Kier molecular flexibility index (Phi) is 5.13. The standard InChI is InChI=1S/C18H20N2O5S/c1-19-8-7-15(21)17(25-13-14-5-3-2-4-6-14)16(19)18(22)20-9-11-26(23,24)12-10-20/h2-8H,9-13H2,1H3. The molecule has 7 nitrogen and oxygen atoms in total. The molecule has 0 radical (unpaired) electrons.